The standard InChI is InChI=1S/C14H14N2OS/c1-9-10(6-7-18-9)14(16-15)12-8-17-13-5-3-2-4-11(12)13/h2-8,14,16H,15H2,1H3. The highest BCUT2D eigenvalue weighted by Gasteiger charge is 2.19. The highest BCUT2D eigenvalue weighted by atomic mass is 32.1. The summed E-state index contributed by atoms with van der Waals surface area (Å²) in [5.41, 5.74) is 6.06. The third kappa shape index (κ3) is 1.75. The highest BCUT2D eigenvalue weighted by Crippen LogP contribution is 2.33. The molecule has 3 rings (SSSR count). The lowest BCUT2D eigenvalue weighted by molar-refractivity contribution is 0.585. The van der Waals surface area contributed by atoms with E-state index in [1.165, 1.54) is 10.4 Å². The maximum absolute atomic E-state index is 5.73. The van der Waals surface area contributed by atoms with Crippen molar-refractivity contribution in [2.75, 3.05) is 0 Å². The molecule has 0 aliphatic carbocycles. The molecule has 0 bridgehead atoms. The minimum absolute atomic E-state index is 0.0279. The van der Waals surface area contributed by atoms with E-state index in [2.05, 4.69) is 29.9 Å². The van der Waals surface area contributed by atoms with E-state index in [1.807, 2.05) is 18.2 Å². The fourth-order valence-corrected chi connectivity index (χ4v) is 3.00. The second-order valence-electron chi connectivity index (χ2n) is 4.22. The van der Waals surface area contributed by atoms with Gasteiger partial charge in [-0.15, -0.1) is 11.3 Å². The largest absolute Gasteiger partial charge is 0.464 e. The number of hydrogen-bond donors (Lipinski definition) is 2. The molecule has 1 atom stereocenters. The van der Waals surface area contributed by atoms with Crippen LogP contribution >= 0.6 is 11.3 Å². The summed E-state index contributed by atoms with van der Waals surface area (Å²) in [6, 6.07) is 10.1. The number of hydrogen-bond acceptors (Lipinski definition) is 4. The molecule has 3 nitrogen and oxygen atoms in total. The molecule has 0 fully saturated rings. The molecule has 3 aromatic rings. The van der Waals surface area contributed by atoms with E-state index in [9.17, 15) is 0 Å². The lowest BCUT2D eigenvalue weighted by atomic mass is 9.99. The van der Waals surface area contributed by atoms with Crippen LogP contribution in [0.4, 0.5) is 0 Å². The number of para-hydroxylation sites is 1. The van der Waals surface area contributed by atoms with E-state index in [0.29, 0.717) is 0 Å². The summed E-state index contributed by atoms with van der Waals surface area (Å²) in [5, 5.41) is 3.18. The van der Waals surface area contributed by atoms with E-state index >= 15 is 0 Å². The fourth-order valence-electron chi connectivity index (χ4n) is 2.26. The molecule has 18 heavy (non-hydrogen) atoms. The normalized spacial score (nSPS) is 13.0. The zero-order valence-corrected chi connectivity index (χ0v) is 10.8. The SMILES string of the molecule is Cc1sccc1C(NN)c1coc2ccccc12. The highest BCUT2D eigenvalue weighted by molar-refractivity contribution is 7.10. The predicted octanol–water partition coefficient (Wildman–Crippen LogP) is 3.36. The van der Waals surface area contributed by atoms with Crippen molar-refractivity contribution in [2.24, 2.45) is 5.84 Å². The minimum atomic E-state index is -0.0279. The number of thiophene rings is 1. The molecule has 0 aliphatic rings. The smallest absolute Gasteiger partial charge is 0.134 e. The second-order valence-corrected chi connectivity index (χ2v) is 5.34. The van der Waals surface area contributed by atoms with E-state index < -0.39 is 0 Å². The average molecular weight is 258 g/mol. The van der Waals surface area contributed by atoms with Gasteiger partial charge in [-0.2, -0.15) is 0 Å². The Morgan fingerprint density at radius 3 is 2.78 bits per heavy atom. The maximum atomic E-state index is 5.73. The molecule has 0 saturated carbocycles. The van der Waals surface area contributed by atoms with Crippen molar-refractivity contribution >= 4 is 22.3 Å². The quantitative estimate of drug-likeness (QED) is 0.559. The van der Waals surface area contributed by atoms with Crippen LogP contribution in [0.3, 0.4) is 0 Å². The molecule has 0 spiro atoms. The lowest BCUT2D eigenvalue weighted by Crippen LogP contribution is -2.28. The van der Waals surface area contributed by atoms with Gasteiger partial charge in [0.15, 0.2) is 0 Å². The monoisotopic (exact) mass is 258 g/mol. The van der Waals surface area contributed by atoms with Crippen molar-refractivity contribution in [1.82, 2.24) is 5.43 Å². The molecule has 4 heteroatoms. The van der Waals surface area contributed by atoms with Gasteiger partial charge in [-0.3, -0.25) is 5.84 Å². The Hall–Kier alpha value is -1.62. The van der Waals surface area contributed by atoms with Crippen LogP contribution in [0.15, 0.2) is 46.4 Å². The van der Waals surface area contributed by atoms with E-state index in [-0.39, 0.29) is 6.04 Å². The summed E-state index contributed by atoms with van der Waals surface area (Å²) in [6.07, 6.45) is 1.78. The Morgan fingerprint density at radius 2 is 2.06 bits per heavy atom. The van der Waals surface area contributed by atoms with E-state index in [4.69, 9.17) is 10.3 Å². The fraction of sp³-hybridized carbons (Fsp3) is 0.143. The lowest BCUT2D eigenvalue weighted by Gasteiger charge is -2.14. The summed E-state index contributed by atoms with van der Waals surface area (Å²) < 4.78 is 5.58. The Morgan fingerprint density at radius 1 is 1.22 bits per heavy atom. The number of furan rings is 1. The third-order valence-corrected chi connectivity index (χ3v) is 4.06. The molecule has 92 valence electrons. The maximum Gasteiger partial charge on any atom is 0.134 e. The van der Waals surface area contributed by atoms with Gasteiger partial charge in [-0.1, -0.05) is 18.2 Å². The first-order valence-corrected chi connectivity index (χ1v) is 6.65. The van der Waals surface area contributed by atoms with Gasteiger partial charge < -0.3 is 4.42 Å². The van der Waals surface area contributed by atoms with Crippen molar-refractivity contribution in [1.29, 1.82) is 0 Å². The average Bonchev–Trinajstić information content (AvgIpc) is 2.99. The topological polar surface area (TPSA) is 51.2 Å². The van der Waals surface area contributed by atoms with Crippen LogP contribution in [0.25, 0.3) is 11.0 Å². The molecule has 0 radical (unpaired) electrons. The van der Waals surface area contributed by atoms with Gasteiger partial charge in [0.2, 0.25) is 0 Å². The van der Waals surface area contributed by atoms with Crippen molar-refractivity contribution < 1.29 is 4.42 Å². The van der Waals surface area contributed by atoms with Gasteiger partial charge in [0.1, 0.15) is 5.58 Å². The van der Waals surface area contributed by atoms with Crippen molar-refractivity contribution in [3.8, 4) is 0 Å². The van der Waals surface area contributed by atoms with Gasteiger partial charge in [0, 0.05) is 15.8 Å². The summed E-state index contributed by atoms with van der Waals surface area (Å²) >= 11 is 1.72. The summed E-state index contributed by atoms with van der Waals surface area (Å²) in [5.74, 6) is 5.73. The zero-order valence-electron chi connectivity index (χ0n) is 10.0. The summed E-state index contributed by atoms with van der Waals surface area (Å²) in [4.78, 5) is 1.27. The molecule has 3 N–H and O–H groups in total. The first-order chi connectivity index (χ1) is 8.81. The molecule has 0 aliphatic heterocycles. The number of hydrazine groups is 1. The van der Waals surface area contributed by atoms with Crippen molar-refractivity contribution in [2.45, 2.75) is 13.0 Å². The van der Waals surface area contributed by atoms with Gasteiger partial charge in [0.25, 0.3) is 0 Å². The molecule has 0 amide bonds. The first kappa shape index (κ1) is 11.5. The van der Waals surface area contributed by atoms with Crippen LogP contribution in [-0.4, -0.2) is 0 Å². The minimum Gasteiger partial charge on any atom is -0.464 e. The number of fused-ring (bicyclic) bond motifs is 1. The number of rotatable bonds is 3. The molecular formula is C14H14N2OS. The van der Waals surface area contributed by atoms with Crippen molar-refractivity contribution in [3.63, 3.8) is 0 Å². The van der Waals surface area contributed by atoms with Gasteiger partial charge in [-0.05, 0) is 30.0 Å². The third-order valence-electron chi connectivity index (χ3n) is 3.20. The van der Waals surface area contributed by atoms with Gasteiger partial charge in [0.05, 0.1) is 12.3 Å². The molecule has 2 aromatic heterocycles. The Kier molecular flexibility index (Phi) is 2.91. The van der Waals surface area contributed by atoms with E-state index in [1.54, 1.807) is 17.6 Å². The molecule has 1 aromatic carbocycles. The van der Waals surface area contributed by atoms with Crippen LogP contribution in [0.5, 0.6) is 0 Å². The van der Waals surface area contributed by atoms with Gasteiger partial charge >= 0.3 is 0 Å². The molecule has 0 saturated heterocycles. The van der Waals surface area contributed by atoms with E-state index in [0.717, 1.165) is 16.5 Å². The molecule has 1 unspecified atom stereocenters. The Bertz CT molecular complexity index is 671. The number of nitrogens with one attached hydrogen (secondary N) is 1. The number of nitrogens with two attached hydrogens (primary N) is 1. The first-order valence-electron chi connectivity index (χ1n) is 5.77. The number of aryl methyl sites for hydroxylation is 1. The molecular weight excluding hydrogens is 244 g/mol. The zero-order chi connectivity index (χ0) is 12.5. The van der Waals surface area contributed by atoms with Crippen LogP contribution in [-0.2, 0) is 0 Å². The Labute approximate surface area is 109 Å². The van der Waals surface area contributed by atoms with Crippen molar-refractivity contribution in [3.05, 3.63) is 58.0 Å². The predicted molar refractivity (Wildman–Crippen MR) is 74.4 cm³/mol. The summed E-state index contributed by atoms with van der Waals surface area (Å²) in [6.45, 7) is 2.10. The van der Waals surface area contributed by atoms with Crippen LogP contribution < -0.4 is 11.3 Å². The summed E-state index contributed by atoms with van der Waals surface area (Å²) in [7, 11) is 0. The number of benzene rings is 1. The second kappa shape index (κ2) is 4.57. The van der Waals surface area contributed by atoms with Gasteiger partial charge in [-0.25, -0.2) is 5.43 Å². The van der Waals surface area contributed by atoms with Crippen LogP contribution in [0.1, 0.15) is 22.0 Å². The van der Waals surface area contributed by atoms with Crippen LogP contribution in [0.2, 0.25) is 0 Å². The molecule has 2 heterocycles. The Balaban J connectivity index is 2.15. The van der Waals surface area contributed by atoms with Crippen LogP contribution in [0, 0.1) is 6.92 Å².